The maximum Gasteiger partial charge on any atom is 0.253 e. The summed E-state index contributed by atoms with van der Waals surface area (Å²) < 4.78 is 33.1. The Morgan fingerprint density at radius 2 is 1.78 bits per heavy atom. The normalized spacial score (nSPS) is 17.5. The molecule has 3 aromatic carbocycles. The smallest absolute Gasteiger partial charge is 0.253 e. The Balaban J connectivity index is 1.49. The van der Waals surface area contributed by atoms with Crippen LogP contribution in [-0.4, -0.2) is 47.9 Å². The topological polar surface area (TPSA) is 49.9 Å². The Morgan fingerprint density at radius 1 is 1.06 bits per heavy atom. The summed E-state index contributed by atoms with van der Waals surface area (Å²) in [6, 6.07) is 19.3. The highest BCUT2D eigenvalue weighted by Gasteiger charge is 2.35. The van der Waals surface area contributed by atoms with Crippen LogP contribution in [0.5, 0.6) is 5.75 Å². The van der Waals surface area contributed by atoms with Gasteiger partial charge in [0.05, 0.1) is 5.02 Å². The van der Waals surface area contributed by atoms with Crippen molar-refractivity contribution in [1.82, 2.24) is 9.80 Å². The summed E-state index contributed by atoms with van der Waals surface area (Å²) in [6.45, 7) is 1.14. The van der Waals surface area contributed by atoms with Gasteiger partial charge < -0.3 is 14.5 Å². The molecule has 0 aliphatic carbocycles. The van der Waals surface area contributed by atoms with E-state index in [1.807, 2.05) is 30.3 Å². The Kier molecular flexibility index (Phi) is 8.21. The predicted octanol–water partition coefficient (Wildman–Crippen LogP) is 5.58. The molecule has 0 spiro atoms. The minimum Gasteiger partial charge on any atom is -0.490 e. The molecule has 1 aliphatic rings. The number of ether oxygens (including phenoxy) is 1. The molecular formula is C28H27ClF2N2O3. The first kappa shape index (κ1) is 25.6. The summed E-state index contributed by atoms with van der Waals surface area (Å²) in [5, 5.41) is -0.121. The van der Waals surface area contributed by atoms with E-state index >= 15 is 0 Å². The lowest BCUT2D eigenvalue weighted by molar-refractivity contribution is -0.132. The fourth-order valence-electron chi connectivity index (χ4n) is 4.37. The minimum atomic E-state index is -0.593. The largest absolute Gasteiger partial charge is 0.490 e. The highest BCUT2D eigenvalue weighted by atomic mass is 35.5. The molecule has 2 atom stereocenters. The average Bonchev–Trinajstić information content (AvgIpc) is 2.88. The van der Waals surface area contributed by atoms with E-state index in [-0.39, 0.29) is 53.2 Å². The maximum absolute atomic E-state index is 13.6. The van der Waals surface area contributed by atoms with Gasteiger partial charge in [-0.05, 0) is 48.0 Å². The third-order valence-corrected chi connectivity index (χ3v) is 6.63. The van der Waals surface area contributed by atoms with Crippen molar-refractivity contribution in [2.75, 3.05) is 20.1 Å². The number of benzene rings is 3. The van der Waals surface area contributed by atoms with E-state index in [2.05, 4.69) is 0 Å². The highest BCUT2D eigenvalue weighted by Crippen LogP contribution is 2.28. The van der Waals surface area contributed by atoms with Crippen molar-refractivity contribution in [2.24, 2.45) is 5.92 Å². The van der Waals surface area contributed by atoms with Gasteiger partial charge in [0, 0.05) is 51.0 Å². The first-order valence-corrected chi connectivity index (χ1v) is 12.1. The second kappa shape index (κ2) is 11.5. The Morgan fingerprint density at radius 3 is 2.47 bits per heavy atom. The summed E-state index contributed by atoms with van der Waals surface area (Å²) in [7, 11) is 1.75. The van der Waals surface area contributed by atoms with Crippen LogP contribution in [0.3, 0.4) is 0 Å². The van der Waals surface area contributed by atoms with Crippen LogP contribution in [0, 0.1) is 17.6 Å². The molecule has 1 heterocycles. The van der Waals surface area contributed by atoms with Gasteiger partial charge in [-0.2, -0.15) is 0 Å². The van der Waals surface area contributed by atoms with Crippen molar-refractivity contribution in [1.29, 1.82) is 0 Å². The number of hydrogen-bond donors (Lipinski definition) is 0. The molecule has 1 saturated heterocycles. The van der Waals surface area contributed by atoms with Crippen molar-refractivity contribution in [3.63, 3.8) is 0 Å². The molecule has 3 aromatic rings. The molecule has 5 nitrogen and oxygen atoms in total. The van der Waals surface area contributed by atoms with Gasteiger partial charge in [-0.3, -0.25) is 9.59 Å². The molecule has 188 valence electrons. The average molecular weight is 513 g/mol. The highest BCUT2D eigenvalue weighted by molar-refractivity contribution is 6.31. The lowest BCUT2D eigenvalue weighted by Crippen LogP contribution is -2.49. The zero-order chi connectivity index (χ0) is 25.7. The van der Waals surface area contributed by atoms with Gasteiger partial charge in [-0.25, -0.2) is 8.78 Å². The molecule has 0 N–H and O–H groups in total. The second-order valence-electron chi connectivity index (χ2n) is 8.98. The van der Waals surface area contributed by atoms with Crippen molar-refractivity contribution in [2.45, 2.75) is 25.5 Å². The number of rotatable bonds is 7. The molecule has 1 aliphatic heterocycles. The van der Waals surface area contributed by atoms with Crippen LogP contribution in [0.15, 0.2) is 72.8 Å². The van der Waals surface area contributed by atoms with E-state index in [0.717, 1.165) is 5.56 Å². The van der Waals surface area contributed by atoms with Gasteiger partial charge in [0.2, 0.25) is 5.91 Å². The number of amides is 2. The van der Waals surface area contributed by atoms with E-state index in [9.17, 15) is 18.4 Å². The minimum absolute atomic E-state index is 0.0734. The molecule has 2 amide bonds. The second-order valence-corrected chi connectivity index (χ2v) is 9.39. The van der Waals surface area contributed by atoms with E-state index < -0.39 is 5.82 Å². The van der Waals surface area contributed by atoms with Crippen molar-refractivity contribution >= 4 is 23.4 Å². The van der Waals surface area contributed by atoms with Crippen LogP contribution in [0.2, 0.25) is 5.02 Å². The number of hydrogen-bond acceptors (Lipinski definition) is 3. The van der Waals surface area contributed by atoms with E-state index in [4.69, 9.17) is 16.3 Å². The fourth-order valence-corrected chi connectivity index (χ4v) is 4.55. The SMILES string of the molecule is CN(Cc1ccccc1)C(=O)C[C@H]1CN(C(=O)c2ccc(F)c(Cl)c2)CC[C@@H]1Oc1ccc(F)cc1. The summed E-state index contributed by atoms with van der Waals surface area (Å²) in [5.74, 6) is -1.11. The van der Waals surface area contributed by atoms with Crippen LogP contribution in [0.4, 0.5) is 8.78 Å². The van der Waals surface area contributed by atoms with E-state index in [0.29, 0.717) is 25.3 Å². The molecular weight excluding hydrogens is 486 g/mol. The summed E-state index contributed by atoms with van der Waals surface area (Å²) >= 11 is 5.88. The molecule has 0 unspecified atom stereocenters. The fraction of sp³-hybridized carbons (Fsp3) is 0.286. The van der Waals surface area contributed by atoms with Gasteiger partial charge in [-0.1, -0.05) is 41.9 Å². The third kappa shape index (κ3) is 6.40. The van der Waals surface area contributed by atoms with Crippen LogP contribution < -0.4 is 4.74 Å². The van der Waals surface area contributed by atoms with Gasteiger partial charge in [0.1, 0.15) is 23.5 Å². The van der Waals surface area contributed by atoms with Crippen LogP contribution in [0.25, 0.3) is 0 Å². The van der Waals surface area contributed by atoms with Crippen molar-refractivity contribution in [3.05, 3.63) is 101 Å². The van der Waals surface area contributed by atoms with E-state index in [1.165, 1.54) is 30.3 Å². The number of halogens is 3. The van der Waals surface area contributed by atoms with Crippen LogP contribution >= 0.6 is 11.6 Å². The monoisotopic (exact) mass is 512 g/mol. The molecule has 0 aromatic heterocycles. The molecule has 4 rings (SSSR count). The lowest BCUT2D eigenvalue weighted by Gasteiger charge is -2.39. The van der Waals surface area contributed by atoms with Gasteiger partial charge in [0.15, 0.2) is 0 Å². The molecule has 0 bridgehead atoms. The van der Waals surface area contributed by atoms with Gasteiger partial charge in [0.25, 0.3) is 5.91 Å². The van der Waals surface area contributed by atoms with Crippen molar-refractivity contribution < 1.29 is 23.1 Å². The van der Waals surface area contributed by atoms with Gasteiger partial charge >= 0.3 is 0 Å². The number of carbonyl (C=O) groups excluding carboxylic acids is 2. The molecule has 0 radical (unpaired) electrons. The Bertz CT molecular complexity index is 1210. The number of carbonyl (C=O) groups is 2. The molecule has 36 heavy (non-hydrogen) atoms. The maximum atomic E-state index is 13.6. The standard InChI is InChI=1S/C28H27ClF2N2O3/c1-32(17-19-5-3-2-4-6-19)27(34)16-21-18-33(28(35)20-7-12-25(31)24(29)15-20)14-13-26(21)36-23-10-8-22(30)9-11-23/h2-12,15,21,26H,13-14,16-18H2,1H3/t21-,26-/m0/s1. The number of nitrogens with zero attached hydrogens (tertiary/aromatic N) is 2. The van der Waals surface area contributed by atoms with Gasteiger partial charge in [-0.15, -0.1) is 0 Å². The lowest BCUT2D eigenvalue weighted by atomic mass is 9.90. The summed E-state index contributed by atoms with van der Waals surface area (Å²) in [4.78, 5) is 29.6. The van der Waals surface area contributed by atoms with Crippen LogP contribution in [-0.2, 0) is 11.3 Å². The summed E-state index contributed by atoms with van der Waals surface area (Å²) in [5.41, 5.74) is 1.30. The number of piperidine rings is 1. The number of likely N-dealkylation sites (tertiary alicyclic amines) is 1. The Hall–Kier alpha value is -3.45. The quantitative estimate of drug-likeness (QED) is 0.415. The zero-order valence-electron chi connectivity index (χ0n) is 19.9. The molecule has 0 saturated carbocycles. The molecule has 1 fully saturated rings. The third-order valence-electron chi connectivity index (χ3n) is 6.34. The first-order chi connectivity index (χ1) is 17.3. The van der Waals surface area contributed by atoms with Crippen LogP contribution in [0.1, 0.15) is 28.8 Å². The Labute approximate surface area is 214 Å². The van der Waals surface area contributed by atoms with E-state index in [1.54, 1.807) is 29.0 Å². The molecule has 8 heteroatoms. The predicted molar refractivity (Wildman–Crippen MR) is 134 cm³/mol. The first-order valence-electron chi connectivity index (χ1n) is 11.7. The zero-order valence-corrected chi connectivity index (χ0v) is 20.6. The van der Waals surface area contributed by atoms with Crippen molar-refractivity contribution in [3.8, 4) is 5.75 Å². The summed E-state index contributed by atoms with van der Waals surface area (Å²) in [6.07, 6.45) is 0.312.